The number of anilines is 2. The van der Waals surface area contributed by atoms with Gasteiger partial charge in [-0.25, -0.2) is 8.42 Å². The molecule has 10 heteroatoms. The summed E-state index contributed by atoms with van der Waals surface area (Å²) in [5.74, 6) is 0.233. The van der Waals surface area contributed by atoms with E-state index < -0.39 is 10.0 Å². The second-order valence-corrected chi connectivity index (χ2v) is 11.7. The number of benzene rings is 3. The minimum absolute atomic E-state index is 0.0640. The van der Waals surface area contributed by atoms with Crippen molar-refractivity contribution in [2.75, 3.05) is 22.3 Å². The Kier molecular flexibility index (Phi) is 7.94. The van der Waals surface area contributed by atoms with Gasteiger partial charge in [-0.2, -0.15) is 0 Å². The molecule has 8 nitrogen and oxygen atoms in total. The molecule has 1 atom stereocenters. The Bertz CT molecular complexity index is 1550. The Labute approximate surface area is 231 Å². The van der Waals surface area contributed by atoms with Gasteiger partial charge in [0, 0.05) is 24.0 Å². The minimum atomic E-state index is -3.78. The van der Waals surface area contributed by atoms with Crippen molar-refractivity contribution in [1.82, 2.24) is 9.88 Å². The van der Waals surface area contributed by atoms with Crippen LogP contribution in [-0.2, 0) is 21.2 Å². The molecule has 4 aromatic rings. The van der Waals surface area contributed by atoms with E-state index in [4.69, 9.17) is 0 Å². The molecule has 1 saturated heterocycles. The Hall–Kier alpha value is -4.15. The lowest BCUT2D eigenvalue weighted by atomic mass is 10.1. The van der Waals surface area contributed by atoms with Crippen molar-refractivity contribution < 1.29 is 18.0 Å². The average molecular weight is 559 g/mol. The van der Waals surface area contributed by atoms with E-state index in [0.717, 1.165) is 12.0 Å². The molecule has 1 aromatic heterocycles. The summed E-state index contributed by atoms with van der Waals surface area (Å²) in [6.07, 6.45) is 3.76. The zero-order valence-electron chi connectivity index (χ0n) is 20.9. The number of thioether (sulfide) groups is 1. The van der Waals surface area contributed by atoms with Crippen LogP contribution in [0.1, 0.15) is 26.9 Å². The van der Waals surface area contributed by atoms with E-state index in [-0.39, 0.29) is 22.1 Å². The highest BCUT2D eigenvalue weighted by Crippen LogP contribution is 2.38. The summed E-state index contributed by atoms with van der Waals surface area (Å²) < 4.78 is 27.7. The van der Waals surface area contributed by atoms with E-state index in [9.17, 15) is 18.0 Å². The lowest BCUT2D eigenvalue weighted by Gasteiger charge is -2.24. The molecule has 0 bridgehead atoms. The first-order chi connectivity index (χ1) is 18.9. The highest BCUT2D eigenvalue weighted by Gasteiger charge is 2.32. The van der Waals surface area contributed by atoms with E-state index in [1.807, 2.05) is 35.2 Å². The van der Waals surface area contributed by atoms with Gasteiger partial charge in [0.25, 0.3) is 15.9 Å². The Morgan fingerprint density at radius 3 is 2.36 bits per heavy atom. The van der Waals surface area contributed by atoms with Gasteiger partial charge in [-0.3, -0.25) is 19.3 Å². The minimum Gasteiger partial charge on any atom is -0.326 e. The van der Waals surface area contributed by atoms with E-state index in [1.54, 1.807) is 42.2 Å². The monoisotopic (exact) mass is 558 g/mol. The van der Waals surface area contributed by atoms with E-state index in [0.29, 0.717) is 29.2 Å². The lowest BCUT2D eigenvalue weighted by Crippen LogP contribution is -2.30. The molecular formula is C29H26N4O4S2. The SMILES string of the molecule is O=C(Nc1ccc(S(=O)(=O)Nc2cccnc2)cc1)c1ccc([C@@H]2SCC(=O)N2CCc2ccccc2)cc1. The maximum Gasteiger partial charge on any atom is 0.261 e. The number of hydrogen-bond donors (Lipinski definition) is 2. The molecule has 1 aliphatic rings. The van der Waals surface area contributed by atoms with Crippen LogP contribution < -0.4 is 10.0 Å². The number of carbonyl (C=O) groups excluding carboxylic acids is 2. The summed E-state index contributed by atoms with van der Waals surface area (Å²) in [7, 11) is -3.78. The number of nitrogens with one attached hydrogen (secondary N) is 2. The third-order valence-electron chi connectivity index (χ3n) is 6.25. The first-order valence-electron chi connectivity index (χ1n) is 12.3. The van der Waals surface area contributed by atoms with Gasteiger partial charge in [0.15, 0.2) is 0 Å². The molecule has 2 N–H and O–H groups in total. The lowest BCUT2D eigenvalue weighted by molar-refractivity contribution is -0.128. The normalized spacial score (nSPS) is 15.2. The van der Waals surface area contributed by atoms with E-state index in [2.05, 4.69) is 27.2 Å². The van der Waals surface area contributed by atoms with Gasteiger partial charge >= 0.3 is 0 Å². The predicted molar refractivity (Wildman–Crippen MR) is 153 cm³/mol. The predicted octanol–water partition coefficient (Wildman–Crippen LogP) is 4.95. The van der Waals surface area contributed by atoms with Crippen molar-refractivity contribution in [2.24, 2.45) is 0 Å². The smallest absolute Gasteiger partial charge is 0.261 e. The van der Waals surface area contributed by atoms with Crippen LogP contribution in [0.4, 0.5) is 11.4 Å². The fraction of sp³-hybridized carbons (Fsp3) is 0.138. The molecule has 0 radical (unpaired) electrons. The Morgan fingerprint density at radius 2 is 1.67 bits per heavy atom. The molecule has 2 heterocycles. The fourth-order valence-corrected chi connectivity index (χ4v) is 6.49. The standard InChI is InChI=1S/C29H26N4O4S2/c34-27-20-38-29(33(27)18-16-21-5-2-1-3-6-21)23-10-8-22(9-11-23)28(35)31-24-12-14-26(15-13-24)39(36,37)32-25-7-4-17-30-19-25/h1-15,17,19,29,32H,16,18,20H2,(H,31,35)/t29-/m0/s1. The number of nitrogens with zero attached hydrogens (tertiary/aromatic N) is 2. The fourth-order valence-electron chi connectivity index (χ4n) is 4.22. The van der Waals surface area contributed by atoms with Crippen LogP contribution in [0.25, 0.3) is 0 Å². The number of rotatable bonds is 9. The first-order valence-corrected chi connectivity index (χ1v) is 14.8. The van der Waals surface area contributed by atoms with Crippen LogP contribution in [0.2, 0.25) is 0 Å². The van der Waals surface area contributed by atoms with Crippen molar-refractivity contribution in [3.8, 4) is 0 Å². The van der Waals surface area contributed by atoms with Gasteiger partial charge in [-0.15, -0.1) is 11.8 Å². The summed E-state index contributed by atoms with van der Waals surface area (Å²) >= 11 is 1.59. The van der Waals surface area contributed by atoms with Gasteiger partial charge in [-0.1, -0.05) is 42.5 Å². The van der Waals surface area contributed by atoms with Gasteiger partial charge in [-0.05, 0) is 66.1 Å². The first kappa shape index (κ1) is 26.5. The largest absolute Gasteiger partial charge is 0.326 e. The van der Waals surface area contributed by atoms with Crippen molar-refractivity contribution in [1.29, 1.82) is 0 Å². The summed E-state index contributed by atoms with van der Waals surface area (Å²) in [4.78, 5) is 31.2. The average Bonchev–Trinajstić information content (AvgIpc) is 3.33. The molecule has 0 saturated carbocycles. The molecule has 1 aliphatic heterocycles. The van der Waals surface area contributed by atoms with Crippen LogP contribution >= 0.6 is 11.8 Å². The van der Waals surface area contributed by atoms with Gasteiger partial charge in [0.05, 0.1) is 22.5 Å². The molecule has 0 spiro atoms. The number of amides is 2. The summed E-state index contributed by atoms with van der Waals surface area (Å²) in [5, 5.41) is 2.71. The maximum atomic E-state index is 12.8. The third kappa shape index (κ3) is 6.47. The van der Waals surface area contributed by atoms with Crippen molar-refractivity contribution >= 4 is 45.0 Å². The summed E-state index contributed by atoms with van der Waals surface area (Å²) in [6.45, 7) is 0.631. The van der Waals surface area contributed by atoms with Crippen LogP contribution in [0.3, 0.4) is 0 Å². The molecule has 2 amide bonds. The zero-order valence-corrected chi connectivity index (χ0v) is 22.5. The topological polar surface area (TPSA) is 108 Å². The van der Waals surface area contributed by atoms with Crippen molar-refractivity contribution in [3.05, 3.63) is 120 Å². The van der Waals surface area contributed by atoms with Gasteiger partial charge in [0.1, 0.15) is 5.37 Å². The molecular weight excluding hydrogens is 532 g/mol. The molecule has 3 aromatic carbocycles. The highest BCUT2D eigenvalue weighted by atomic mass is 32.2. The quantitative estimate of drug-likeness (QED) is 0.301. The zero-order chi connectivity index (χ0) is 27.2. The number of aromatic nitrogens is 1. The molecule has 1 fully saturated rings. The van der Waals surface area contributed by atoms with E-state index >= 15 is 0 Å². The molecule has 198 valence electrons. The van der Waals surface area contributed by atoms with Crippen molar-refractivity contribution in [3.63, 3.8) is 0 Å². The number of carbonyl (C=O) groups is 2. The van der Waals surface area contributed by atoms with Crippen LogP contribution in [0.15, 0.2) is 108 Å². The number of hydrogen-bond acceptors (Lipinski definition) is 6. The summed E-state index contributed by atoms with van der Waals surface area (Å²) in [5.41, 5.74) is 3.43. The Morgan fingerprint density at radius 1 is 0.923 bits per heavy atom. The van der Waals surface area contributed by atoms with Gasteiger partial charge < -0.3 is 10.2 Å². The van der Waals surface area contributed by atoms with Crippen LogP contribution in [-0.4, -0.2) is 42.4 Å². The molecule has 0 aliphatic carbocycles. The second-order valence-electron chi connectivity index (χ2n) is 8.93. The molecule has 0 unspecified atom stereocenters. The maximum absolute atomic E-state index is 12.8. The number of sulfonamides is 1. The summed E-state index contributed by atoms with van der Waals surface area (Å²) in [6, 6.07) is 26.5. The second kappa shape index (κ2) is 11.7. The van der Waals surface area contributed by atoms with Crippen LogP contribution in [0.5, 0.6) is 0 Å². The third-order valence-corrected chi connectivity index (χ3v) is 8.90. The molecule has 5 rings (SSSR count). The number of pyridine rings is 1. The van der Waals surface area contributed by atoms with Crippen molar-refractivity contribution in [2.45, 2.75) is 16.7 Å². The van der Waals surface area contributed by atoms with Gasteiger partial charge in [0.2, 0.25) is 5.91 Å². The van der Waals surface area contributed by atoms with Crippen LogP contribution in [0, 0.1) is 0 Å². The highest BCUT2D eigenvalue weighted by molar-refractivity contribution is 8.00. The Balaban J connectivity index is 1.21. The molecule has 39 heavy (non-hydrogen) atoms. The van der Waals surface area contributed by atoms with E-state index in [1.165, 1.54) is 36.0 Å².